The molecule has 0 spiro atoms. The fraction of sp³-hybridized carbons (Fsp3) is 0.789. The lowest BCUT2D eigenvalue weighted by molar-refractivity contribution is 0.00721. The Balaban J connectivity index is 1.30. The van der Waals surface area contributed by atoms with Gasteiger partial charge in [0, 0.05) is 31.1 Å². The number of carbonyl (C=O) groups excluding carboxylic acids is 1. The van der Waals surface area contributed by atoms with Gasteiger partial charge in [0.05, 0.1) is 11.8 Å². The molecule has 3 fully saturated rings. The summed E-state index contributed by atoms with van der Waals surface area (Å²) in [5, 5.41) is 13.4. The molecule has 1 aliphatic heterocycles. The number of nitrogens with one attached hydrogen (secondary N) is 1. The maximum absolute atomic E-state index is 12.5. The van der Waals surface area contributed by atoms with Gasteiger partial charge in [-0.3, -0.25) is 9.69 Å². The van der Waals surface area contributed by atoms with Crippen LogP contribution in [-0.2, 0) is 0 Å². The van der Waals surface area contributed by atoms with E-state index in [4.69, 9.17) is 4.42 Å². The number of hydrogen-bond donors (Lipinski definition) is 2. The van der Waals surface area contributed by atoms with Crippen molar-refractivity contribution in [1.29, 1.82) is 0 Å². The number of amides is 1. The van der Waals surface area contributed by atoms with Crippen LogP contribution in [0.4, 0.5) is 0 Å². The fourth-order valence-electron chi connectivity index (χ4n) is 4.28. The molecule has 1 aromatic heterocycles. The topological polar surface area (TPSA) is 78.6 Å². The van der Waals surface area contributed by atoms with Gasteiger partial charge in [0.2, 0.25) is 5.76 Å². The summed E-state index contributed by atoms with van der Waals surface area (Å²) < 4.78 is 5.71. The summed E-state index contributed by atoms with van der Waals surface area (Å²) >= 11 is 0. The van der Waals surface area contributed by atoms with Gasteiger partial charge >= 0.3 is 0 Å². The van der Waals surface area contributed by atoms with Crippen LogP contribution in [0.2, 0.25) is 0 Å². The van der Waals surface area contributed by atoms with Crippen LogP contribution in [0.1, 0.15) is 79.4 Å². The Hall–Kier alpha value is -1.40. The number of aromatic nitrogens is 1. The first-order valence-electron chi connectivity index (χ1n) is 9.82. The van der Waals surface area contributed by atoms with Crippen LogP contribution < -0.4 is 5.32 Å². The molecular weight excluding hydrogens is 318 g/mol. The van der Waals surface area contributed by atoms with Gasteiger partial charge in [0.25, 0.3) is 5.91 Å². The highest BCUT2D eigenvalue weighted by Crippen LogP contribution is 2.40. The van der Waals surface area contributed by atoms with Gasteiger partial charge in [-0.2, -0.15) is 0 Å². The van der Waals surface area contributed by atoms with Crippen molar-refractivity contribution in [2.45, 2.75) is 82.4 Å². The number of rotatable bonds is 4. The summed E-state index contributed by atoms with van der Waals surface area (Å²) in [6.07, 6.45) is 8.29. The summed E-state index contributed by atoms with van der Waals surface area (Å²) in [5.41, 5.74) is 0.696. The zero-order chi connectivity index (χ0) is 17.4. The largest absolute Gasteiger partial charge is 0.435 e. The number of nitrogens with zero attached hydrogens (tertiary/aromatic N) is 2. The van der Waals surface area contributed by atoms with E-state index in [0.717, 1.165) is 63.9 Å². The normalized spacial score (nSPS) is 28.9. The van der Waals surface area contributed by atoms with E-state index in [-0.39, 0.29) is 18.1 Å². The van der Waals surface area contributed by atoms with Gasteiger partial charge < -0.3 is 14.8 Å². The highest BCUT2D eigenvalue weighted by molar-refractivity contribution is 5.92. The number of piperidine rings is 1. The molecule has 4 rings (SSSR count). The van der Waals surface area contributed by atoms with Gasteiger partial charge in [0.1, 0.15) is 0 Å². The summed E-state index contributed by atoms with van der Waals surface area (Å²) in [6.45, 7) is 3.72. The Morgan fingerprint density at radius 1 is 1.16 bits per heavy atom. The first-order valence-corrected chi connectivity index (χ1v) is 9.82. The third-order valence-corrected chi connectivity index (χ3v) is 5.97. The standard InChI is InChI=1S/C19H29N3O3/c1-12-17(25-19(20-12)13-6-7-13)18(24)21-14-8-10-22(11-9-14)15-4-2-3-5-16(15)23/h13-16,23H,2-11H2,1H3,(H,21,24)/t15-,16+/m0/s1. The molecule has 2 heterocycles. The van der Waals surface area contributed by atoms with E-state index >= 15 is 0 Å². The highest BCUT2D eigenvalue weighted by atomic mass is 16.4. The van der Waals surface area contributed by atoms with Crippen molar-refractivity contribution in [3.8, 4) is 0 Å². The Morgan fingerprint density at radius 3 is 2.56 bits per heavy atom. The average Bonchev–Trinajstić information content (AvgIpc) is 3.38. The van der Waals surface area contributed by atoms with E-state index in [1.165, 1.54) is 6.42 Å². The molecule has 2 N–H and O–H groups in total. The minimum absolute atomic E-state index is 0.131. The fourth-order valence-corrected chi connectivity index (χ4v) is 4.28. The number of carbonyl (C=O) groups is 1. The predicted molar refractivity (Wildman–Crippen MR) is 93.5 cm³/mol. The van der Waals surface area contributed by atoms with Gasteiger partial charge in [-0.05, 0) is 45.4 Å². The van der Waals surface area contributed by atoms with E-state index in [1.807, 2.05) is 6.92 Å². The molecule has 6 nitrogen and oxygen atoms in total. The minimum Gasteiger partial charge on any atom is -0.435 e. The monoisotopic (exact) mass is 347 g/mol. The Kier molecular flexibility index (Phi) is 4.82. The number of aryl methyl sites for hydroxylation is 1. The van der Waals surface area contributed by atoms with Crippen LogP contribution in [-0.4, -0.2) is 52.2 Å². The number of oxazole rings is 1. The average molecular weight is 347 g/mol. The van der Waals surface area contributed by atoms with Crippen LogP contribution in [0.3, 0.4) is 0 Å². The molecule has 1 saturated heterocycles. The molecule has 2 atom stereocenters. The van der Waals surface area contributed by atoms with Crippen molar-refractivity contribution in [2.75, 3.05) is 13.1 Å². The quantitative estimate of drug-likeness (QED) is 0.874. The maximum Gasteiger partial charge on any atom is 0.289 e. The Morgan fingerprint density at radius 2 is 1.88 bits per heavy atom. The van der Waals surface area contributed by atoms with E-state index < -0.39 is 0 Å². The molecular formula is C19H29N3O3. The Labute approximate surface area is 149 Å². The molecule has 0 unspecified atom stereocenters. The smallest absolute Gasteiger partial charge is 0.289 e. The van der Waals surface area contributed by atoms with E-state index in [1.54, 1.807) is 0 Å². The molecule has 6 heteroatoms. The molecule has 2 aliphatic carbocycles. The van der Waals surface area contributed by atoms with Crippen LogP contribution in [0.25, 0.3) is 0 Å². The molecule has 1 aromatic rings. The van der Waals surface area contributed by atoms with Crippen molar-refractivity contribution >= 4 is 5.91 Å². The van der Waals surface area contributed by atoms with Gasteiger partial charge in [-0.25, -0.2) is 4.98 Å². The van der Waals surface area contributed by atoms with Crippen molar-refractivity contribution in [1.82, 2.24) is 15.2 Å². The molecule has 2 saturated carbocycles. The summed E-state index contributed by atoms with van der Waals surface area (Å²) in [6, 6.07) is 0.487. The number of aliphatic hydroxyl groups is 1. The highest BCUT2D eigenvalue weighted by Gasteiger charge is 2.33. The van der Waals surface area contributed by atoms with E-state index in [9.17, 15) is 9.90 Å². The zero-order valence-electron chi connectivity index (χ0n) is 15.0. The summed E-state index contributed by atoms with van der Waals surface area (Å²) in [7, 11) is 0. The summed E-state index contributed by atoms with van der Waals surface area (Å²) in [5.74, 6) is 1.40. The predicted octanol–water partition coefficient (Wildman–Crippen LogP) is 2.36. The van der Waals surface area contributed by atoms with E-state index in [0.29, 0.717) is 23.4 Å². The molecule has 0 radical (unpaired) electrons. The van der Waals surface area contributed by atoms with Crippen LogP contribution in [0.15, 0.2) is 4.42 Å². The molecule has 25 heavy (non-hydrogen) atoms. The van der Waals surface area contributed by atoms with Crippen LogP contribution in [0.5, 0.6) is 0 Å². The molecule has 1 amide bonds. The van der Waals surface area contributed by atoms with Crippen molar-refractivity contribution < 1.29 is 14.3 Å². The minimum atomic E-state index is -0.183. The Bertz CT molecular complexity index is 617. The van der Waals surface area contributed by atoms with E-state index in [2.05, 4.69) is 15.2 Å². The summed E-state index contributed by atoms with van der Waals surface area (Å²) in [4.78, 5) is 19.3. The first kappa shape index (κ1) is 17.0. The zero-order valence-corrected chi connectivity index (χ0v) is 15.0. The molecule has 138 valence electrons. The van der Waals surface area contributed by atoms with Gasteiger partial charge in [0.15, 0.2) is 5.89 Å². The molecule has 0 bridgehead atoms. The number of likely N-dealkylation sites (tertiary alicyclic amines) is 1. The lowest BCUT2D eigenvalue weighted by atomic mass is 9.89. The number of hydrogen-bond acceptors (Lipinski definition) is 5. The number of aliphatic hydroxyl groups excluding tert-OH is 1. The van der Waals surface area contributed by atoms with Gasteiger partial charge in [-0.1, -0.05) is 12.8 Å². The second-order valence-electron chi connectivity index (χ2n) is 7.94. The second-order valence-corrected chi connectivity index (χ2v) is 7.94. The first-order chi connectivity index (χ1) is 12.1. The van der Waals surface area contributed by atoms with Crippen LogP contribution >= 0.6 is 0 Å². The van der Waals surface area contributed by atoms with Crippen molar-refractivity contribution in [3.05, 3.63) is 17.3 Å². The van der Waals surface area contributed by atoms with Gasteiger partial charge in [-0.15, -0.1) is 0 Å². The SMILES string of the molecule is Cc1nc(C2CC2)oc1C(=O)NC1CCN([C@H]2CCCC[C@H]2O)CC1. The lowest BCUT2D eigenvalue weighted by Crippen LogP contribution is -2.52. The van der Waals surface area contributed by atoms with Crippen LogP contribution in [0, 0.1) is 6.92 Å². The third kappa shape index (κ3) is 3.75. The second kappa shape index (κ2) is 7.08. The molecule has 3 aliphatic rings. The maximum atomic E-state index is 12.5. The van der Waals surface area contributed by atoms with Crippen molar-refractivity contribution in [2.24, 2.45) is 0 Å². The third-order valence-electron chi connectivity index (χ3n) is 5.97. The molecule has 0 aromatic carbocycles. The lowest BCUT2D eigenvalue weighted by Gasteiger charge is -2.41. The van der Waals surface area contributed by atoms with Crippen molar-refractivity contribution in [3.63, 3.8) is 0 Å².